The summed E-state index contributed by atoms with van der Waals surface area (Å²) in [6.07, 6.45) is 7.68. The third-order valence-electron chi connectivity index (χ3n) is 3.98. The van der Waals surface area contributed by atoms with E-state index in [1.807, 2.05) is 12.1 Å². The number of rotatable bonds is 5. The normalized spacial score (nSPS) is 18.4. The molecule has 3 heteroatoms. The van der Waals surface area contributed by atoms with Crippen LogP contribution in [0.1, 0.15) is 31.4 Å². The summed E-state index contributed by atoms with van der Waals surface area (Å²) in [7, 11) is 1.71. The van der Waals surface area contributed by atoms with Gasteiger partial charge < -0.3 is 10.1 Å². The van der Waals surface area contributed by atoms with Gasteiger partial charge in [-0.15, -0.1) is 6.42 Å². The maximum absolute atomic E-state index is 5.36. The number of ether oxygens (including phenoxy) is 1. The maximum Gasteiger partial charge on any atom is 0.119 e. The van der Waals surface area contributed by atoms with Gasteiger partial charge in [-0.2, -0.15) is 0 Å². The largest absolute Gasteiger partial charge is 0.497 e. The molecule has 2 rings (SSSR count). The van der Waals surface area contributed by atoms with Gasteiger partial charge in [0.2, 0.25) is 0 Å². The summed E-state index contributed by atoms with van der Waals surface area (Å²) >= 11 is 0. The zero-order valence-corrected chi connectivity index (χ0v) is 12.4. The Kier molecular flexibility index (Phi) is 5.46. The first kappa shape index (κ1) is 14.9. The van der Waals surface area contributed by atoms with Crippen LogP contribution in [-0.2, 0) is 0 Å². The zero-order chi connectivity index (χ0) is 14.4. The fourth-order valence-corrected chi connectivity index (χ4v) is 2.75. The lowest BCUT2D eigenvalue weighted by atomic mass is 10.0. The van der Waals surface area contributed by atoms with Crippen LogP contribution in [0.15, 0.2) is 24.3 Å². The van der Waals surface area contributed by atoms with Crippen LogP contribution in [0.3, 0.4) is 0 Å². The monoisotopic (exact) mass is 272 g/mol. The molecule has 0 spiro atoms. The van der Waals surface area contributed by atoms with Crippen molar-refractivity contribution in [3.63, 3.8) is 0 Å². The molecule has 1 aromatic carbocycles. The van der Waals surface area contributed by atoms with E-state index in [1.165, 1.54) is 5.56 Å². The van der Waals surface area contributed by atoms with Crippen LogP contribution in [0.4, 0.5) is 0 Å². The standard InChI is InChI=1S/C17H24N2O/c1-4-10-19-11-8-16(9-12-19)18-14(2)15-6-5-7-17(13-15)20-3/h1,5-7,13-14,16,18H,8-12H2,2-3H3/t14-/m0/s1. The van der Waals surface area contributed by atoms with Gasteiger partial charge in [0.1, 0.15) is 5.75 Å². The Labute approximate surface area is 122 Å². The van der Waals surface area contributed by atoms with E-state index in [-0.39, 0.29) is 0 Å². The number of benzene rings is 1. The summed E-state index contributed by atoms with van der Waals surface area (Å²) < 4.78 is 5.28. The highest BCUT2D eigenvalue weighted by Crippen LogP contribution is 2.21. The second kappa shape index (κ2) is 7.33. The second-order valence-corrected chi connectivity index (χ2v) is 5.42. The molecule has 0 bridgehead atoms. The SMILES string of the molecule is C#CCN1CCC(N[C@@H](C)c2cccc(OC)c2)CC1. The molecule has 108 valence electrons. The summed E-state index contributed by atoms with van der Waals surface area (Å²) in [6, 6.07) is 9.19. The number of nitrogens with zero attached hydrogens (tertiary/aromatic N) is 1. The van der Waals surface area contributed by atoms with Crippen LogP contribution in [0.5, 0.6) is 5.75 Å². The number of hydrogen-bond acceptors (Lipinski definition) is 3. The van der Waals surface area contributed by atoms with Crippen LogP contribution in [0.25, 0.3) is 0 Å². The highest BCUT2D eigenvalue weighted by molar-refractivity contribution is 5.30. The fourth-order valence-electron chi connectivity index (χ4n) is 2.75. The number of methoxy groups -OCH3 is 1. The number of piperidine rings is 1. The molecule has 0 unspecified atom stereocenters. The fraction of sp³-hybridized carbons (Fsp3) is 0.529. The first-order chi connectivity index (χ1) is 9.72. The number of hydrogen-bond donors (Lipinski definition) is 1. The molecule has 20 heavy (non-hydrogen) atoms. The minimum atomic E-state index is 0.342. The van der Waals surface area contributed by atoms with Gasteiger partial charge in [-0.3, -0.25) is 4.90 Å². The molecule has 1 aliphatic rings. The molecular formula is C17H24N2O. The Morgan fingerprint density at radius 3 is 2.85 bits per heavy atom. The third kappa shape index (κ3) is 4.00. The minimum Gasteiger partial charge on any atom is -0.497 e. The van der Waals surface area contributed by atoms with Crippen molar-refractivity contribution in [3.05, 3.63) is 29.8 Å². The van der Waals surface area contributed by atoms with Crippen molar-refractivity contribution < 1.29 is 4.74 Å². The molecule has 0 amide bonds. The van der Waals surface area contributed by atoms with E-state index < -0.39 is 0 Å². The van der Waals surface area contributed by atoms with Crippen LogP contribution >= 0.6 is 0 Å². The van der Waals surface area contributed by atoms with Crippen LogP contribution in [0.2, 0.25) is 0 Å². The summed E-state index contributed by atoms with van der Waals surface area (Å²) in [5.41, 5.74) is 1.27. The van der Waals surface area contributed by atoms with E-state index in [1.54, 1.807) is 7.11 Å². The van der Waals surface area contributed by atoms with Gasteiger partial charge in [0.25, 0.3) is 0 Å². The van der Waals surface area contributed by atoms with Gasteiger partial charge in [-0.05, 0) is 37.5 Å². The van der Waals surface area contributed by atoms with E-state index in [0.29, 0.717) is 12.1 Å². The highest BCUT2D eigenvalue weighted by atomic mass is 16.5. The number of nitrogens with one attached hydrogen (secondary N) is 1. The van der Waals surface area contributed by atoms with Crippen molar-refractivity contribution >= 4 is 0 Å². The molecule has 0 aliphatic carbocycles. The predicted octanol–water partition coefficient (Wildman–Crippen LogP) is 2.44. The summed E-state index contributed by atoms with van der Waals surface area (Å²) in [6.45, 7) is 5.17. The lowest BCUT2D eigenvalue weighted by molar-refractivity contribution is 0.211. The topological polar surface area (TPSA) is 24.5 Å². The van der Waals surface area contributed by atoms with Crippen molar-refractivity contribution in [2.75, 3.05) is 26.7 Å². The van der Waals surface area contributed by atoms with Crippen molar-refractivity contribution in [3.8, 4) is 18.1 Å². The summed E-state index contributed by atoms with van der Waals surface area (Å²) in [4.78, 5) is 2.34. The van der Waals surface area contributed by atoms with Gasteiger partial charge in [-0.25, -0.2) is 0 Å². The zero-order valence-electron chi connectivity index (χ0n) is 12.4. The Balaban J connectivity index is 1.86. The lowest BCUT2D eigenvalue weighted by Crippen LogP contribution is -2.43. The first-order valence-electron chi connectivity index (χ1n) is 7.28. The van der Waals surface area contributed by atoms with Crippen molar-refractivity contribution in [1.82, 2.24) is 10.2 Å². The molecule has 1 aliphatic heterocycles. The van der Waals surface area contributed by atoms with E-state index in [0.717, 1.165) is 38.2 Å². The third-order valence-corrected chi connectivity index (χ3v) is 3.98. The Morgan fingerprint density at radius 2 is 2.20 bits per heavy atom. The molecule has 1 fully saturated rings. The number of terminal acetylenes is 1. The van der Waals surface area contributed by atoms with Crippen molar-refractivity contribution in [1.29, 1.82) is 0 Å². The lowest BCUT2D eigenvalue weighted by Gasteiger charge is -2.33. The molecule has 1 aromatic rings. The van der Waals surface area contributed by atoms with Gasteiger partial charge in [-0.1, -0.05) is 18.1 Å². The van der Waals surface area contributed by atoms with Crippen molar-refractivity contribution in [2.24, 2.45) is 0 Å². The van der Waals surface area contributed by atoms with E-state index in [4.69, 9.17) is 11.2 Å². The average Bonchev–Trinajstić information content (AvgIpc) is 2.49. The smallest absolute Gasteiger partial charge is 0.119 e. The molecule has 0 aromatic heterocycles. The number of likely N-dealkylation sites (tertiary alicyclic amines) is 1. The maximum atomic E-state index is 5.36. The van der Waals surface area contributed by atoms with Gasteiger partial charge in [0.05, 0.1) is 13.7 Å². The van der Waals surface area contributed by atoms with Gasteiger partial charge in [0, 0.05) is 25.2 Å². The molecule has 0 saturated carbocycles. The minimum absolute atomic E-state index is 0.342. The molecule has 3 nitrogen and oxygen atoms in total. The van der Waals surface area contributed by atoms with Crippen LogP contribution in [-0.4, -0.2) is 37.7 Å². The van der Waals surface area contributed by atoms with Crippen LogP contribution in [0, 0.1) is 12.3 Å². The quantitative estimate of drug-likeness (QED) is 0.833. The Hall–Kier alpha value is -1.50. The van der Waals surface area contributed by atoms with Gasteiger partial charge in [0.15, 0.2) is 0 Å². The summed E-state index contributed by atoms with van der Waals surface area (Å²) in [5.74, 6) is 3.64. The van der Waals surface area contributed by atoms with Crippen LogP contribution < -0.4 is 10.1 Å². The summed E-state index contributed by atoms with van der Waals surface area (Å²) in [5, 5.41) is 3.72. The second-order valence-electron chi connectivity index (χ2n) is 5.42. The molecule has 1 saturated heterocycles. The van der Waals surface area contributed by atoms with E-state index in [2.05, 4.69) is 35.2 Å². The Morgan fingerprint density at radius 1 is 1.45 bits per heavy atom. The van der Waals surface area contributed by atoms with E-state index in [9.17, 15) is 0 Å². The molecule has 1 N–H and O–H groups in total. The van der Waals surface area contributed by atoms with Crippen molar-refractivity contribution in [2.45, 2.75) is 31.8 Å². The molecule has 0 radical (unpaired) electrons. The van der Waals surface area contributed by atoms with Gasteiger partial charge >= 0.3 is 0 Å². The molecule has 1 heterocycles. The average molecular weight is 272 g/mol. The molecular weight excluding hydrogens is 248 g/mol. The first-order valence-corrected chi connectivity index (χ1v) is 7.28. The highest BCUT2D eigenvalue weighted by Gasteiger charge is 2.20. The van der Waals surface area contributed by atoms with E-state index >= 15 is 0 Å². The Bertz CT molecular complexity index is 458. The predicted molar refractivity (Wildman–Crippen MR) is 82.8 cm³/mol. The molecule has 1 atom stereocenters.